The Morgan fingerprint density at radius 2 is 2.05 bits per heavy atom. The Morgan fingerprint density at radius 3 is 2.58 bits per heavy atom. The van der Waals surface area contributed by atoms with E-state index in [4.69, 9.17) is 5.11 Å². The second-order valence-corrected chi connectivity index (χ2v) is 5.64. The maximum absolute atomic E-state index is 12.2. The highest BCUT2D eigenvalue weighted by atomic mass is 16.4. The fourth-order valence-corrected chi connectivity index (χ4v) is 2.64. The lowest BCUT2D eigenvalue weighted by Gasteiger charge is -2.32. The molecule has 0 heterocycles. The van der Waals surface area contributed by atoms with E-state index in [9.17, 15) is 9.59 Å². The van der Waals surface area contributed by atoms with Crippen molar-refractivity contribution < 1.29 is 14.7 Å². The molecule has 110 valence electrons. The molecule has 2 unspecified atom stereocenters. The summed E-state index contributed by atoms with van der Waals surface area (Å²) in [6.45, 7) is 6.77. The van der Waals surface area contributed by atoms with Gasteiger partial charge in [0.05, 0.1) is 5.92 Å². The molecule has 0 spiro atoms. The van der Waals surface area contributed by atoms with Crippen LogP contribution in [-0.4, -0.2) is 40.6 Å². The summed E-state index contributed by atoms with van der Waals surface area (Å²) >= 11 is 0. The number of carboxylic acid groups (broad SMARTS) is 1. The number of carboxylic acids is 1. The summed E-state index contributed by atoms with van der Waals surface area (Å²) in [5.74, 6) is -1.05. The average molecular weight is 270 g/mol. The van der Waals surface area contributed by atoms with Gasteiger partial charge >= 0.3 is 12.0 Å². The third kappa shape index (κ3) is 4.73. The largest absolute Gasteiger partial charge is 0.481 e. The van der Waals surface area contributed by atoms with Crippen molar-refractivity contribution in [1.82, 2.24) is 10.2 Å². The van der Waals surface area contributed by atoms with E-state index < -0.39 is 5.97 Å². The SMILES string of the molecule is CCCN(C(=O)NC1CCCC(C(=O)O)C1)C(C)C. The Labute approximate surface area is 115 Å². The number of carbonyl (C=O) groups is 2. The van der Waals surface area contributed by atoms with Crippen LogP contribution in [0.1, 0.15) is 52.9 Å². The van der Waals surface area contributed by atoms with E-state index in [2.05, 4.69) is 5.32 Å². The first-order valence-corrected chi connectivity index (χ1v) is 7.25. The van der Waals surface area contributed by atoms with Crippen LogP contribution in [0.4, 0.5) is 4.79 Å². The molecule has 0 radical (unpaired) electrons. The van der Waals surface area contributed by atoms with Crippen molar-refractivity contribution in [3.8, 4) is 0 Å². The topological polar surface area (TPSA) is 69.6 Å². The van der Waals surface area contributed by atoms with E-state index in [1.165, 1.54) is 0 Å². The standard InChI is InChI=1S/C14H26N2O3/c1-4-8-16(10(2)3)14(19)15-12-7-5-6-11(9-12)13(17)18/h10-12H,4-9H2,1-3H3,(H,15,19)(H,17,18). The molecule has 1 fully saturated rings. The van der Waals surface area contributed by atoms with Crippen LogP contribution in [0.5, 0.6) is 0 Å². The van der Waals surface area contributed by atoms with Crippen LogP contribution in [0.2, 0.25) is 0 Å². The number of amides is 2. The van der Waals surface area contributed by atoms with Crippen LogP contribution in [0.3, 0.4) is 0 Å². The molecule has 2 N–H and O–H groups in total. The zero-order valence-corrected chi connectivity index (χ0v) is 12.2. The minimum absolute atomic E-state index is 0.000422. The van der Waals surface area contributed by atoms with Gasteiger partial charge in [0.1, 0.15) is 0 Å². The van der Waals surface area contributed by atoms with Gasteiger partial charge in [0.2, 0.25) is 0 Å². The first-order chi connectivity index (χ1) is 8.95. The van der Waals surface area contributed by atoms with Crippen LogP contribution >= 0.6 is 0 Å². The van der Waals surface area contributed by atoms with Crippen LogP contribution in [0.25, 0.3) is 0 Å². The zero-order chi connectivity index (χ0) is 14.4. The summed E-state index contributed by atoms with van der Waals surface area (Å²) in [6.07, 6.45) is 3.96. The van der Waals surface area contributed by atoms with Crippen molar-refractivity contribution in [1.29, 1.82) is 0 Å². The van der Waals surface area contributed by atoms with E-state index in [-0.39, 0.29) is 24.0 Å². The molecule has 1 aliphatic rings. The minimum atomic E-state index is -0.742. The molecule has 0 aromatic carbocycles. The minimum Gasteiger partial charge on any atom is -0.481 e. The Morgan fingerprint density at radius 1 is 1.37 bits per heavy atom. The van der Waals surface area contributed by atoms with Crippen molar-refractivity contribution in [3.63, 3.8) is 0 Å². The molecule has 0 aromatic heterocycles. The number of aliphatic carboxylic acids is 1. The van der Waals surface area contributed by atoms with Gasteiger partial charge < -0.3 is 15.3 Å². The molecule has 2 amide bonds. The third-order valence-electron chi connectivity index (χ3n) is 3.70. The van der Waals surface area contributed by atoms with E-state index in [1.54, 1.807) is 0 Å². The molecule has 0 aromatic rings. The van der Waals surface area contributed by atoms with Crippen LogP contribution in [0.15, 0.2) is 0 Å². The fraction of sp³-hybridized carbons (Fsp3) is 0.857. The average Bonchev–Trinajstić information content (AvgIpc) is 2.35. The van der Waals surface area contributed by atoms with Crippen molar-refractivity contribution in [2.75, 3.05) is 6.54 Å². The summed E-state index contributed by atoms with van der Waals surface area (Å²) in [6, 6.07) is 0.104. The molecular formula is C14H26N2O3. The smallest absolute Gasteiger partial charge is 0.317 e. The molecule has 1 aliphatic carbocycles. The third-order valence-corrected chi connectivity index (χ3v) is 3.70. The first kappa shape index (κ1) is 15.8. The predicted molar refractivity (Wildman–Crippen MR) is 74.0 cm³/mol. The maximum atomic E-state index is 12.2. The van der Waals surface area contributed by atoms with Crippen molar-refractivity contribution in [2.24, 2.45) is 5.92 Å². The molecular weight excluding hydrogens is 244 g/mol. The van der Waals surface area contributed by atoms with E-state index in [0.717, 1.165) is 32.2 Å². The van der Waals surface area contributed by atoms with Gasteiger partial charge in [-0.25, -0.2) is 4.79 Å². The van der Waals surface area contributed by atoms with Gasteiger partial charge in [-0.05, 0) is 39.5 Å². The predicted octanol–water partition coefficient (Wildman–Crippen LogP) is 2.46. The Kier molecular flexibility index (Phi) is 6.12. The van der Waals surface area contributed by atoms with Gasteiger partial charge in [0.15, 0.2) is 0 Å². The molecule has 1 saturated carbocycles. The number of nitrogens with one attached hydrogen (secondary N) is 1. The van der Waals surface area contributed by atoms with Gasteiger partial charge in [0, 0.05) is 18.6 Å². The summed E-state index contributed by atoms with van der Waals surface area (Å²) in [7, 11) is 0. The highest BCUT2D eigenvalue weighted by Crippen LogP contribution is 2.24. The van der Waals surface area contributed by atoms with Gasteiger partial charge in [-0.1, -0.05) is 13.3 Å². The van der Waals surface area contributed by atoms with Gasteiger partial charge in [-0.15, -0.1) is 0 Å². The van der Waals surface area contributed by atoms with Crippen LogP contribution in [-0.2, 0) is 4.79 Å². The van der Waals surface area contributed by atoms with Crippen LogP contribution < -0.4 is 5.32 Å². The highest BCUT2D eigenvalue weighted by molar-refractivity contribution is 5.75. The molecule has 5 nitrogen and oxygen atoms in total. The van der Waals surface area contributed by atoms with Crippen molar-refractivity contribution >= 4 is 12.0 Å². The molecule has 0 saturated heterocycles. The summed E-state index contributed by atoms with van der Waals surface area (Å²) in [5, 5.41) is 12.0. The highest BCUT2D eigenvalue weighted by Gasteiger charge is 2.29. The number of hydrogen-bond acceptors (Lipinski definition) is 2. The Balaban J connectivity index is 2.52. The monoisotopic (exact) mass is 270 g/mol. The molecule has 1 rings (SSSR count). The molecule has 5 heteroatoms. The molecule has 0 aliphatic heterocycles. The molecule has 19 heavy (non-hydrogen) atoms. The lowest BCUT2D eigenvalue weighted by atomic mass is 9.86. The normalized spacial score (nSPS) is 23.2. The zero-order valence-electron chi connectivity index (χ0n) is 12.2. The van der Waals surface area contributed by atoms with Crippen molar-refractivity contribution in [2.45, 2.75) is 65.0 Å². The van der Waals surface area contributed by atoms with Crippen LogP contribution in [0, 0.1) is 5.92 Å². The lowest BCUT2D eigenvalue weighted by Crippen LogP contribution is -2.49. The Bertz CT molecular complexity index is 318. The number of hydrogen-bond donors (Lipinski definition) is 2. The van der Waals surface area contributed by atoms with Gasteiger partial charge in [0.25, 0.3) is 0 Å². The lowest BCUT2D eigenvalue weighted by molar-refractivity contribution is -0.143. The van der Waals surface area contributed by atoms with Gasteiger partial charge in [-0.3, -0.25) is 4.79 Å². The number of nitrogens with zero attached hydrogens (tertiary/aromatic N) is 1. The number of rotatable bonds is 5. The summed E-state index contributed by atoms with van der Waals surface area (Å²) in [5.41, 5.74) is 0. The second-order valence-electron chi connectivity index (χ2n) is 5.64. The molecule has 2 atom stereocenters. The quantitative estimate of drug-likeness (QED) is 0.806. The van der Waals surface area contributed by atoms with Crippen molar-refractivity contribution in [3.05, 3.63) is 0 Å². The first-order valence-electron chi connectivity index (χ1n) is 7.25. The van der Waals surface area contributed by atoms with Gasteiger partial charge in [-0.2, -0.15) is 0 Å². The summed E-state index contributed by atoms with van der Waals surface area (Å²) < 4.78 is 0. The Hall–Kier alpha value is -1.26. The number of urea groups is 1. The fourth-order valence-electron chi connectivity index (χ4n) is 2.64. The maximum Gasteiger partial charge on any atom is 0.317 e. The molecule has 0 bridgehead atoms. The van der Waals surface area contributed by atoms with E-state index in [0.29, 0.717) is 6.42 Å². The summed E-state index contributed by atoms with van der Waals surface area (Å²) in [4.78, 5) is 25.0. The van der Waals surface area contributed by atoms with E-state index in [1.807, 2.05) is 25.7 Å². The number of carbonyl (C=O) groups excluding carboxylic acids is 1. The second kappa shape index (κ2) is 7.36. The van der Waals surface area contributed by atoms with E-state index >= 15 is 0 Å².